The van der Waals surface area contributed by atoms with E-state index in [0.717, 1.165) is 15.6 Å². The Balaban J connectivity index is 2.30. The van der Waals surface area contributed by atoms with Crippen LogP contribution in [0, 0.1) is 19.7 Å². The third-order valence-corrected chi connectivity index (χ3v) is 3.89. The van der Waals surface area contributed by atoms with Gasteiger partial charge in [0.25, 0.3) is 5.91 Å². The van der Waals surface area contributed by atoms with E-state index in [2.05, 4.69) is 37.2 Å². The van der Waals surface area contributed by atoms with Gasteiger partial charge in [-0.15, -0.1) is 0 Å². The zero-order valence-electron chi connectivity index (χ0n) is 10.9. The average molecular weight is 401 g/mol. The van der Waals surface area contributed by atoms with Gasteiger partial charge >= 0.3 is 0 Å². The Morgan fingerprint density at radius 2 is 1.80 bits per heavy atom. The largest absolute Gasteiger partial charge is 0.322 e. The number of anilines is 1. The van der Waals surface area contributed by atoms with E-state index in [0.29, 0.717) is 15.7 Å². The summed E-state index contributed by atoms with van der Waals surface area (Å²) in [6.07, 6.45) is 0. The molecule has 5 heteroatoms. The molecule has 20 heavy (non-hydrogen) atoms. The lowest BCUT2D eigenvalue weighted by atomic mass is 10.1. The van der Waals surface area contributed by atoms with Crippen LogP contribution in [0.15, 0.2) is 39.3 Å². The van der Waals surface area contributed by atoms with Crippen molar-refractivity contribution in [3.05, 3.63) is 61.8 Å². The summed E-state index contributed by atoms with van der Waals surface area (Å²) in [5.74, 6) is -0.671. The van der Waals surface area contributed by atoms with Gasteiger partial charge in [-0.1, -0.05) is 15.9 Å². The van der Waals surface area contributed by atoms with Gasteiger partial charge in [-0.2, -0.15) is 0 Å². The second kappa shape index (κ2) is 6.06. The van der Waals surface area contributed by atoms with Crippen LogP contribution in [0.2, 0.25) is 0 Å². The summed E-state index contributed by atoms with van der Waals surface area (Å²) in [5, 5.41) is 2.73. The second-order valence-corrected chi connectivity index (χ2v) is 6.32. The minimum Gasteiger partial charge on any atom is -0.322 e. The lowest BCUT2D eigenvalue weighted by Gasteiger charge is -2.10. The van der Waals surface area contributed by atoms with E-state index in [1.807, 2.05) is 19.9 Å². The molecule has 2 rings (SSSR count). The van der Waals surface area contributed by atoms with Crippen molar-refractivity contribution in [1.82, 2.24) is 0 Å². The molecule has 0 spiro atoms. The van der Waals surface area contributed by atoms with Crippen molar-refractivity contribution >= 4 is 43.5 Å². The molecule has 2 aromatic carbocycles. The number of carbonyl (C=O) groups is 1. The molecule has 0 bridgehead atoms. The first-order chi connectivity index (χ1) is 9.36. The fourth-order valence-corrected chi connectivity index (χ4v) is 2.91. The maximum absolute atomic E-state index is 13.5. The van der Waals surface area contributed by atoms with E-state index in [9.17, 15) is 9.18 Å². The number of benzene rings is 2. The van der Waals surface area contributed by atoms with Gasteiger partial charge in [0.15, 0.2) is 0 Å². The van der Waals surface area contributed by atoms with E-state index >= 15 is 0 Å². The van der Waals surface area contributed by atoms with E-state index in [-0.39, 0.29) is 5.91 Å². The first-order valence-corrected chi connectivity index (χ1v) is 7.49. The number of amides is 1. The van der Waals surface area contributed by atoms with Crippen LogP contribution in [-0.4, -0.2) is 5.91 Å². The molecule has 0 saturated heterocycles. The van der Waals surface area contributed by atoms with Crippen LogP contribution in [0.25, 0.3) is 0 Å². The Kier molecular flexibility index (Phi) is 4.60. The van der Waals surface area contributed by atoms with Gasteiger partial charge in [-0.3, -0.25) is 4.79 Å². The third-order valence-electron chi connectivity index (χ3n) is 2.82. The molecule has 0 aliphatic carbocycles. The van der Waals surface area contributed by atoms with Crippen LogP contribution >= 0.6 is 31.9 Å². The van der Waals surface area contributed by atoms with Crippen LogP contribution in [0.3, 0.4) is 0 Å². The summed E-state index contributed by atoms with van der Waals surface area (Å²) in [6, 6.07) is 8.37. The number of halogens is 3. The SMILES string of the molecule is Cc1cc(Br)cc(C(=O)Nc2cc(F)c(Br)cc2C)c1. The highest BCUT2D eigenvalue weighted by molar-refractivity contribution is 9.10. The van der Waals surface area contributed by atoms with E-state index in [1.54, 1.807) is 18.2 Å². The van der Waals surface area contributed by atoms with Crippen molar-refractivity contribution in [3.63, 3.8) is 0 Å². The van der Waals surface area contributed by atoms with Crippen molar-refractivity contribution < 1.29 is 9.18 Å². The Morgan fingerprint density at radius 1 is 1.10 bits per heavy atom. The minimum atomic E-state index is -0.406. The van der Waals surface area contributed by atoms with Crippen molar-refractivity contribution in [1.29, 1.82) is 0 Å². The number of hydrogen-bond donors (Lipinski definition) is 1. The Bertz CT molecular complexity index is 666. The van der Waals surface area contributed by atoms with Gasteiger partial charge < -0.3 is 5.32 Å². The van der Waals surface area contributed by atoms with E-state index in [4.69, 9.17) is 0 Å². The van der Waals surface area contributed by atoms with Gasteiger partial charge in [-0.25, -0.2) is 4.39 Å². The summed E-state index contributed by atoms with van der Waals surface area (Å²) < 4.78 is 14.8. The second-order valence-electron chi connectivity index (χ2n) is 4.55. The lowest BCUT2D eigenvalue weighted by Crippen LogP contribution is -2.13. The molecule has 104 valence electrons. The van der Waals surface area contributed by atoms with Crippen molar-refractivity contribution in [2.24, 2.45) is 0 Å². The normalized spacial score (nSPS) is 10.4. The number of aryl methyl sites for hydroxylation is 2. The molecular weight excluding hydrogens is 389 g/mol. The van der Waals surface area contributed by atoms with Gasteiger partial charge in [0.2, 0.25) is 0 Å². The molecule has 1 N–H and O–H groups in total. The summed E-state index contributed by atoms with van der Waals surface area (Å²) in [4.78, 5) is 12.2. The van der Waals surface area contributed by atoms with Gasteiger partial charge in [0.05, 0.1) is 4.47 Å². The Hall–Kier alpha value is -1.20. The van der Waals surface area contributed by atoms with Crippen LogP contribution in [-0.2, 0) is 0 Å². The first-order valence-electron chi connectivity index (χ1n) is 5.91. The molecule has 0 radical (unpaired) electrons. The average Bonchev–Trinajstić information content (AvgIpc) is 2.34. The monoisotopic (exact) mass is 399 g/mol. The lowest BCUT2D eigenvalue weighted by molar-refractivity contribution is 0.102. The molecule has 0 fully saturated rings. The van der Waals surface area contributed by atoms with Crippen LogP contribution < -0.4 is 5.32 Å². The molecule has 0 unspecified atom stereocenters. The molecule has 2 nitrogen and oxygen atoms in total. The number of hydrogen-bond acceptors (Lipinski definition) is 1. The highest BCUT2D eigenvalue weighted by atomic mass is 79.9. The van der Waals surface area contributed by atoms with Crippen molar-refractivity contribution in [3.8, 4) is 0 Å². The quantitative estimate of drug-likeness (QED) is 0.735. The maximum Gasteiger partial charge on any atom is 0.255 e. The molecule has 0 saturated carbocycles. The first kappa shape index (κ1) is 15.2. The Labute approximate surface area is 133 Å². The molecule has 0 aliphatic heterocycles. The fourth-order valence-electron chi connectivity index (χ4n) is 1.84. The molecule has 0 heterocycles. The summed E-state index contributed by atoms with van der Waals surface area (Å²) in [7, 11) is 0. The molecule has 1 amide bonds. The van der Waals surface area contributed by atoms with E-state index < -0.39 is 5.82 Å². The van der Waals surface area contributed by atoms with Crippen LogP contribution in [0.5, 0.6) is 0 Å². The molecule has 2 aromatic rings. The fraction of sp³-hybridized carbons (Fsp3) is 0.133. The number of nitrogens with one attached hydrogen (secondary N) is 1. The van der Waals surface area contributed by atoms with Gasteiger partial charge in [0.1, 0.15) is 5.82 Å². The predicted octanol–water partition coefficient (Wildman–Crippen LogP) is 5.22. The van der Waals surface area contributed by atoms with Gasteiger partial charge in [0, 0.05) is 15.7 Å². The Morgan fingerprint density at radius 3 is 2.45 bits per heavy atom. The minimum absolute atomic E-state index is 0.265. The highest BCUT2D eigenvalue weighted by Gasteiger charge is 2.11. The number of carbonyl (C=O) groups excluding carboxylic acids is 1. The zero-order valence-corrected chi connectivity index (χ0v) is 14.1. The molecular formula is C15H12Br2FNO. The smallest absolute Gasteiger partial charge is 0.255 e. The summed E-state index contributed by atoms with van der Waals surface area (Å²) >= 11 is 6.47. The third kappa shape index (κ3) is 3.46. The van der Waals surface area contributed by atoms with Crippen molar-refractivity contribution in [2.75, 3.05) is 5.32 Å². The maximum atomic E-state index is 13.5. The standard InChI is InChI=1S/C15H12Br2FNO/c1-8-3-10(6-11(16)4-8)15(20)19-14-7-13(18)12(17)5-9(14)2/h3-7H,1-2H3,(H,19,20). The zero-order chi connectivity index (χ0) is 14.9. The molecule has 0 atom stereocenters. The highest BCUT2D eigenvalue weighted by Crippen LogP contribution is 2.25. The predicted molar refractivity (Wildman–Crippen MR) is 85.7 cm³/mol. The summed E-state index contributed by atoms with van der Waals surface area (Å²) in [5.41, 5.74) is 2.76. The topological polar surface area (TPSA) is 29.1 Å². The number of rotatable bonds is 2. The van der Waals surface area contributed by atoms with Crippen molar-refractivity contribution in [2.45, 2.75) is 13.8 Å². The van der Waals surface area contributed by atoms with Crippen LogP contribution in [0.1, 0.15) is 21.5 Å². The molecule has 0 aliphatic rings. The molecule has 0 aromatic heterocycles. The van der Waals surface area contributed by atoms with E-state index in [1.165, 1.54) is 6.07 Å². The van der Waals surface area contributed by atoms with Gasteiger partial charge in [-0.05, 0) is 71.2 Å². The van der Waals surface area contributed by atoms with Crippen LogP contribution in [0.4, 0.5) is 10.1 Å². The summed E-state index contributed by atoms with van der Waals surface area (Å²) in [6.45, 7) is 3.72.